The summed E-state index contributed by atoms with van der Waals surface area (Å²) in [6, 6.07) is 13.0. The zero-order valence-electron chi connectivity index (χ0n) is 25.2. The number of carbonyl (C=O) groups excluding carboxylic acids is 1. The molecular weight excluding hydrogens is 532 g/mol. The zero-order valence-corrected chi connectivity index (χ0v) is 26.0. The van der Waals surface area contributed by atoms with Gasteiger partial charge in [0.1, 0.15) is 17.5 Å². The summed E-state index contributed by atoms with van der Waals surface area (Å²) in [5, 5.41) is 2.15. The molecule has 8 heteroatoms. The third-order valence-corrected chi connectivity index (χ3v) is 8.59. The van der Waals surface area contributed by atoms with E-state index in [4.69, 9.17) is 14.5 Å². The standard InChI is InChI=1S/C33H44N4O3S/c1-6-9-25-23-34-31(29-22-30-28(35(29)5)17-21-41-30)37(25)19-7-10-24-12-14-27(15-13-24)39-26-11-8-18-36(20-16-26)32(38)40-33(2,3)4/h12-15,17,21-23,26H,6-11,16,18-20H2,1-5H3. The highest BCUT2D eigenvalue weighted by atomic mass is 32.1. The third kappa shape index (κ3) is 7.15. The Morgan fingerprint density at radius 2 is 1.90 bits per heavy atom. The van der Waals surface area contributed by atoms with E-state index in [1.165, 1.54) is 27.2 Å². The topological polar surface area (TPSA) is 61.5 Å². The number of carbonyl (C=O) groups is 1. The molecule has 7 nitrogen and oxygen atoms in total. The lowest BCUT2D eigenvalue weighted by Crippen LogP contribution is -2.37. The molecule has 1 saturated heterocycles. The maximum Gasteiger partial charge on any atom is 0.410 e. The van der Waals surface area contributed by atoms with Gasteiger partial charge in [-0.1, -0.05) is 25.5 Å². The molecule has 1 atom stereocenters. The van der Waals surface area contributed by atoms with Crippen LogP contribution in [0.1, 0.15) is 71.1 Å². The number of aromatic nitrogens is 3. The molecule has 1 aliphatic rings. The van der Waals surface area contributed by atoms with Crippen molar-refractivity contribution in [3.63, 3.8) is 0 Å². The Labute approximate surface area is 248 Å². The van der Waals surface area contributed by atoms with Gasteiger partial charge in [-0.25, -0.2) is 9.78 Å². The number of amides is 1. The van der Waals surface area contributed by atoms with Crippen LogP contribution in [0.3, 0.4) is 0 Å². The van der Waals surface area contributed by atoms with Crippen molar-refractivity contribution in [2.75, 3.05) is 13.1 Å². The number of ether oxygens (including phenoxy) is 2. The lowest BCUT2D eigenvalue weighted by molar-refractivity contribution is 0.0252. The second kappa shape index (κ2) is 12.7. The SMILES string of the molecule is CCCc1cnc(-c2cc3sccc3n2C)n1CCCc1ccc(OC2CCCN(C(=O)OC(C)(C)C)CC2)cc1. The first-order valence-corrected chi connectivity index (χ1v) is 15.9. The highest BCUT2D eigenvalue weighted by molar-refractivity contribution is 7.17. The van der Waals surface area contributed by atoms with Gasteiger partial charge in [0.05, 0.1) is 15.9 Å². The van der Waals surface area contributed by atoms with Crippen molar-refractivity contribution in [1.82, 2.24) is 19.0 Å². The average molecular weight is 577 g/mol. The van der Waals surface area contributed by atoms with Crippen LogP contribution < -0.4 is 4.74 Å². The van der Waals surface area contributed by atoms with Crippen LogP contribution >= 0.6 is 11.3 Å². The summed E-state index contributed by atoms with van der Waals surface area (Å²) < 4.78 is 17.9. The van der Waals surface area contributed by atoms with Gasteiger partial charge in [0.2, 0.25) is 0 Å². The first-order chi connectivity index (χ1) is 19.7. The van der Waals surface area contributed by atoms with Crippen molar-refractivity contribution < 1.29 is 14.3 Å². The summed E-state index contributed by atoms with van der Waals surface area (Å²) in [6.45, 7) is 10.3. The number of aryl methyl sites for hydroxylation is 3. The molecule has 1 fully saturated rings. The van der Waals surface area contributed by atoms with Gasteiger partial charge in [-0.05, 0) is 88.1 Å². The molecule has 1 unspecified atom stereocenters. The maximum absolute atomic E-state index is 12.5. The highest BCUT2D eigenvalue weighted by Crippen LogP contribution is 2.31. The van der Waals surface area contributed by atoms with Crippen molar-refractivity contribution >= 4 is 27.6 Å². The number of benzene rings is 1. The summed E-state index contributed by atoms with van der Waals surface area (Å²) >= 11 is 1.78. The van der Waals surface area contributed by atoms with E-state index in [0.29, 0.717) is 13.1 Å². The Morgan fingerprint density at radius 3 is 2.63 bits per heavy atom. The summed E-state index contributed by atoms with van der Waals surface area (Å²) in [5.74, 6) is 1.96. The number of imidazole rings is 1. The van der Waals surface area contributed by atoms with Crippen LogP contribution in [-0.2, 0) is 31.2 Å². The lowest BCUT2D eigenvalue weighted by Gasteiger charge is -2.26. The van der Waals surface area contributed by atoms with Gasteiger partial charge in [0.15, 0.2) is 5.82 Å². The van der Waals surface area contributed by atoms with E-state index in [2.05, 4.69) is 71.1 Å². The highest BCUT2D eigenvalue weighted by Gasteiger charge is 2.26. The second-order valence-electron chi connectivity index (χ2n) is 12.1. The van der Waals surface area contributed by atoms with Crippen molar-refractivity contribution in [3.05, 3.63) is 59.2 Å². The predicted molar refractivity (Wildman–Crippen MR) is 167 cm³/mol. The summed E-state index contributed by atoms with van der Waals surface area (Å²) in [4.78, 5) is 19.2. The van der Waals surface area contributed by atoms with E-state index in [-0.39, 0.29) is 12.2 Å². The number of thiophene rings is 1. The molecular formula is C33H44N4O3S. The first-order valence-electron chi connectivity index (χ1n) is 15.0. The molecule has 1 aliphatic heterocycles. The summed E-state index contributed by atoms with van der Waals surface area (Å²) in [6.07, 6.45) is 8.80. The van der Waals surface area contributed by atoms with Crippen molar-refractivity contribution in [2.45, 2.75) is 90.9 Å². The molecule has 1 aromatic carbocycles. The molecule has 4 aromatic rings. The molecule has 1 amide bonds. The Morgan fingerprint density at radius 1 is 1.10 bits per heavy atom. The van der Waals surface area contributed by atoms with Gasteiger partial charge in [0.25, 0.3) is 0 Å². The Kier molecular flexibility index (Phi) is 9.07. The van der Waals surface area contributed by atoms with Crippen LogP contribution in [0.4, 0.5) is 4.79 Å². The molecule has 4 heterocycles. The number of rotatable bonds is 9. The van der Waals surface area contributed by atoms with Crippen LogP contribution in [0.5, 0.6) is 5.75 Å². The number of likely N-dealkylation sites (tertiary alicyclic amines) is 1. The quantitative estimate of drug-likeness (QED) is 0.204. The Hall–Kier alpha value is -3.26. The average Bonchev–Trinajstić information content (AvgIpc) is 3.57. The predicted octanol–water partition coefficient (Wildman–Crippen LogP) is 7.86. The fraction of sp³-hybridized carbons (Fsp3) is 0.515. The van der Waals surface area contributed by atoms with E-state index in [1.54, 1.807) is 11.3 Å². The second-order valence-corrected chi connectivity index (χ2v) is 13.1. The Balaban J connectivity index is 1.16. The lowest BCUT2D eigenvalue weighted by atomic mass is 10.1. The van der Waals surface area contributed by atoms with Gasteiger partial charge in [-0.2, -0.15) is 0 Å². The van der Waals surface area contributed by atoms with Crippen molar-refractivity contribution in [3.8, 4) is 17.3 Å². The number of hydrogen-bond donors (Lipinski definition) is 0. The third-order valence-electron chi connectivity index (χ3n) is 7.74. The number of nitrogens with zero attached hydrogens (tertiary/aromatic N) is 4. The van der Waals surface area contributed by atoms with Crippen LogP contribution in [0.25, 0.3) is 21.7 Å². The fourth-order valence-corrected chi connectivity index (χ4v) is 6.50. The van der Waals surface area contributed by atoms with Crippen LogP contribution in [0.2, 0.25) is 0 Å². The van der Waals surface area contributed by atoms with Gasteiger partial charge in [-0.3, -0.25) is 0 Å². The molecule has 0 spiro atoms. The molecule has 5 rings (SSSR count). The van der Waals surface area contributed by atoms with E-state index in [0.717, 1.165) is 63.1 Å². The minimum Gasteiger partial charge on any atom is -0.490 e. The van der Waals surface area contributed by atoms with Gasteiger partial charge < -0.3 is 23.5 Å². The molecule has 0 bridgehead atoms. The van der Waals surface area contributed by atoms with E-state index in [1.807, 2.05) is 25.7 Å². The minimum atomic E-state index is -0.474. The summed E-state index contributed by atoms with van der Waals surface area (Å²) in [5.41, 5.74) is 4.60. The van der Waals surface area contributed by atoms with Crippen LogP contribution in [0, 0.1) is 0 Å². The first kappa shape index (κ1) is 29.2. The minimum absolute atomic E-state index is 0.109. The van der Waals surface area contributed by atoms with Crippen molar-refractivity contribution in [1.29, 1.82) is 0 Å². The molecule has 0 aliphatic carbocycles. The van der Waals surface area contributed by atoms with Crippen LogP contribution in [0.15, 0.2) is 48.0 Å². The molecule has 41 heavy (non-hydrogen) atoms. The fourth-order valence-electron chi connectivity index (χ4n) is 5.65. The maximum atomic E-state index is 12.5. The number of hydrogen-bond acceptors (Lipinski definition) is 5. The Bertz CT molecular complexity index is 1440. The van der Waals surface area contributed by atoms with E-state index in [9.17, 15) is 4.79 Å². The summed E-state index contributed by atoms with van der Waals surface area (Å²) in [7, 11) is 2.14. The molecule has 3 aromatic heterocycles. The molecule has 0 radical (unpaired) electrons. The van der Waals surface area contributed by atoms with Gasteiger partial charge >= 0.3 is 6.09 Å². The van der Waals surface area contributed by atoms with Gasteiger partial charge in [0, 0.05) is 45.0 Å². The monoisotopic (exact) mass is 576 g/mol. The normalized spacial score (nSPS) is 16.2. The number of fused-ring (bicyclic) bond motifs is 1. The molecule has 0 saturated carbocycles. The van der Waals surface area contributed by atoms with E-state index >= 15 is 0 Å². The smallest absolute Gasteiger partial charge is 0.410 e. The molecule has 0 N–H and O–H groups in total. The zero-order chi connectivity index (χ0) is 29.0. The van der Waals surface area contributed by atoms with Gasteiger partial charge in [-0.15, -0.1) is 11.3 Å². The van der Waals surface area contributed by atoms with Crippen LogP contribution in [-0.4, -0.2) is 49.9 Å². The molecule has 220 valence electrons. The van der Waals surface area contributed by atoms with E-state index < -0.39 is 5.60 Å². The van der Waals surface area contributed by atoms with Crippen molar-refractivity contribution in [2.24, 2.45) is 7.05 Å². The largest absolute Gasteiger partial charge is 0.490 e.